The number of aromatic hydroxyl groups is 2. The Morgan fingerprint density at radius 3 is 1.21 bits per heavy atom. The number of carbonyl (C=O) groups excluding carboxylic acids is 2. The monoisotopic (exact) mass is 570 g/mol. The summed E-state index contributed by atoms with van der Waals surface area (Å²) in [6, 6.07) is 3.91. The molecule has 0 amide bonds. The number of phenolic OH excluding ortho intramolecular Hbond substituents is 2. The topological polar surface area (TPSA) is 81.1 Å². The highest BCUT2D eigenvalue weighted by atomic mass is 16.3. The van der Waals surface area contributed by atoms with Gasteiger partial charge in [-0.3, -0.25) is 9.59 Å². The van der Waals surface area contributed by atoms with Crippen molar-refractivity contribution in [2.45, 2.75) is 115 Å². The van der Waals surface area contributed by atoms with E-state index in [0.717, 1.165) is 85.5 Å². The first-order valence-electron chi connectivity index (χ1n) is 15.9. The van der Waals surface area contributed by atoms with Crippen molar-refractivity contribution in [2.24, 2.45) is 0 Å². The van der Waals surface area contributed by atoms with E-state index in [4.69, 9.17) is 0 Å². The van der Waals surface area contributed by atoms with Crippen LogP contribution in [0.2, 0.25) is 0 Å². The molecule has 2 N–H and O–H groups in total. The predicted octanol–water partition coefficient (Wildman–Crippen LogP) is 6.46. The second-order valence-electron chi connectivity index (χ2n) is 16.4. The number of Topliss-reactive ketones (excluding diaryl/α,β-unsaturated/α-hetero) is 2. The molecule has 5 aliphatic rings. The molecule has 0 unspecified atom stereocenters. The van der Waals surface area contributed by atoms with Crippen LogP contribution in [0, 0.1) is 0 Å². The molecule has 224 valence electrons. The summed E-state index contributed by atoms with van der Waals surface area (Å²) in [5.41, 5.74) is 6.29. The summed E-state index contributed by atoms with van der Waals surface area (Å²) < 4.78 is 0. The van der Waals surface area contributed by atoms with Crippen molar-refractivity contribution in [3.63, 3.8) is 0 Å². The van der Waals surface area contributed by atoms with Crippen LogP contribution < -0.4 is 9.80 Å². The number of hydrogen-bond acceptors (Lipinski definition) is 6. The third-order valence-electron chi connectivity index (χ3n) is 11.8. The van der Waals surface area contributed by atoms with Gasteiger partial charge in [0.1, 0.15) is 23.3 Å². The summed E-state index contributed by atoms with van der Waals surface area (Å²) in [7, 11) is 0. The summed E-state index contributed by atoms with van der Waals surface area (Å²) >= 11 is 0. The van der Waals surface area contributed by atoms with Crippen LogP contribution in [0.4, 0.5) is 11.4 Å². The van der Waals surface area contributed by atoms with Crippen molar-refractivity contribution in [3.05, 3.63) is 45.5 Å². The molecule has 7 rings (SSSR count). The van der Waals surface area contributed by atoms with Crippen LogP contribution in [-0.2, 0) is 31.2 Å². The van der Waals surface area contributed by atoms with E-state index in [2.05, 4.69) is 65.2 Å². The minimum absolute atomic E-state index is 0.106. The second kappa shape index (κ2) is 8.33. The highest BCUT2D eigenvalue weighted by molar-refractivity contribution is 6.31. The Balaban J connectivity index is 1.37. The van der Waals surface area contributed by atoms with Crippen molar-refractivity contribution in [1.82, 2.24) is 0 Å². The van der Waals surface area contributed by atoms with Gasteiger partial charge in [0.2, 0.25) is 0 Å². The van der Waals surface area contributed by atoms with E-state index in [0.29, 0.717) is 11.1 Å². The number of phenols is 2. The molecule has 42 heavy (non-hydrogen) atoms. The van der Waals surface area contributed by atoms with Crippen molar-refractivity contribution in [1.29, 1.82) is 0 Å². The van der Waals surface area contributed by atoms with Crippen molar-refractivity contribution in [2.75, 3.05) is 36.0 Å². The number of nitrogens with zero attached hydrogens (tertiary/aromatic N) is 2. The Kier molecular flexibility index (Phi) is 5.51. The Labute approximate surface area is 250 Å². The van der Waals surface area contributed by atoms with Gasteiger partial charge in [0.15, 0.2) is 11.6 Å². The summed E-state index contributed by atoms with van der Waals surface area (Å²) in [5, 5.41) is 23.6. The lowest BCUT2D eigenvalue weighted by Gasteiger charge is -2.49. The molecule has 1 aliphatic carbocycles. The van der Waals surface area contributed by atoms with Gasteiger partial charge in [0.05, 0.1) is 0 Å². The number of benzene rings is 2. The van der Waals surface area contributed by atoms with E-state index in [1.54, 1.807) is 0 Å². The molecule has 0 aromatic heterocycles. The Bertz CT molecular complexity index is 1450. The minimum Gasteiger partial charge on any atom is -0.507 e. The Morgan fingerprint density at radius 2 is 0.881 bits per heavy atom. The Morgan fingerprint density at radius 1 is 0.571 bits per heavy atom. The molecule has 0 radical (unpaired) electrons. The molecule has 6 nitrogen and oxygen atoms in total. The average Bonchev–Trinajstić information content (AvgIpc) is 2.88. The maximum absolute atomic E-state index is 14.2. The van der Waals surface area contributed by atoms with E-state index in [1.807, 2.05) is 12.1 Å². The molecular weight excluding hydrogens is 524 g/mol. The Hall–Kier alpha value is -3.02. The zero-order valence-electron chi connectivity index (χ0n) is 26.6. The first-order chi connectivity index (χ1) is 19.5. The number of carbonyl (C=O) groups is 2. The third kappa shape index (κ3) is 3.50. The quantitative estimate of drug-likeness (QED) is 0.404. The van der Waals surface area contributed by atoms with Crippen LogP contribution in [0.1, 0.15) is 126 Å². The van der Waals surface area contributed by atoms with Crippen LogP contribution in [0.25, 0.3) is 0 Å². The van der Waals surface area contributed by atoms with Gasteiger partial charge in [-0.1, -0.05) is 55.4 Å². The fourth-order valence-electron chi connectivity index (χ4n) is 8.76. The number of hydrogen-bond donors (Lipinski definition) is 2. The summed E-state index contributed by atoms with van der Waals surface area (Å²) in [4.78, 5) is 33.1. The molecule has 0 spiro atoms. The highest BCUT2D eigenvalue weighted by Crippen LogP contribution is 2.59. The lowest BCUT2D eigenvalue weighted by molar-refractivity contribution is -0.142. The molecule has 1 saturated carbocycles. The molecule has 4 aliphatic heterocycles. The number of anilines is 2. The number of rotatable bonds is 2. The molecule has 2 aromatic carbocycles. The molecule has 4 heterocycles. The second-order valence-corrected chi connectivity index (χ2v) is 16.4. The van der Waals surface area contributed by atoms with Gasteiger partial charge in [-0.05, 0) is 70.6 Å². The summed E-state index contributed by atoms with van der Waals surface area (Å²) in [6.07, 6.45) is 3.77. The van der Waals surface area contributed by atoms with Crippen molar-refractivity contribution < 1.29 is 19.8 Å². The third-order valence-corrected chi connectivity index (χ3v) is 11.8. The molecule has 2 aromatic rings. The van der Waals surface area contributed by atoms with E-state index in [-0.39, 0.29) is 44.7 Å². The molecule has 6 heteroatoms. The maximum atomic E-state index is 14.2. The zero-order chi connectivity index (χ0) is 30.3. The number of ketones is 2. The molecule has 0 atom stereocenters. The van der Waals surface area contributed by atoms with Crippen LogP contribution >= 0.6 is 0 Å². The van der Waals surface area contributed by atoms with Gasteiger partial charge in [-0.15, -0.1) is 0 Å². The normalized spacial score (nSPS) is 27.7. The van der Waals surface area contributed by atoms with Gasteiger partial charge in [-0.25, -0.2) is 0 Å². The minimum atomic E-state index is -1.01. The SMILES string of the molecule is CC1(C)CCN2CCC(C)(C)c3c(O)c(C4C(=O)C(c5cc6c7c(c5O)C(C)(C)CCN7CCC6(C)C)C4=O)cc1c32. The maximum Gasteiger partial charge on any atom is 0.162 e. The van der Waals surface area contributed by atoms with Crippen LogP contribution in [0.15, 0.2) is 12.1 Å². The lowest BCUT2D eigenvalue weighted by Crippen LogP contribution is -2.48. The highest BCUT2D eigenvalue weighted by Gasteiger charge is 2.55. The largest absolute Gasteiger partial charge is 0.507 e. The molecular formula is C36H46N2O4. The predicted molar refractivity (Wildman–Crippen MR) is 167 cm³/mol. The first kappa shape index (κ1) is 27.8. The van der Waals surface area contributed by atoms with E-state index in [9.17, 15) is 19.8 Å². The van der Waals surface area contributed by atoms with Crippen molar-refractivity contribution >= 4 is 22.9 Å². The summed E-state index contributed by atoms with van der Waals surface area (Å²) in [6.45, 7) is 21.3. The fraction of sp³-hybridized carbons (Fsp3) is 0.611. The molecule has 0 saturated heterocycles. The van der Waals surface area contributed by atoms with Crippen LogP contribution in [0.3, 0.4) is 0 Å². The lowest BCUT2D eigenvalue weighted by atomic mass is 9.61. The molecule has 0 bridgehead atoms. The van der Waals surface area contributed by atoms with Crippen molar-refractivity contribution in [3.8, 4) is 11.5 Å². The van der Waals surface area contributed by atoms with E-state index < -0.39 is 11.8 Å². The smallest absolute Gasteiger partial charge is 0.162 e. The van der Waals surface area contributed by atoms with Crippen LogP contribution in [-0.4, -0.2) is 48.0 Å². The van der Waals surface area contributed by atoms with Gasteiger partial charge in [0.25, 0.3) is 0 Å². The van der Waals surface area contributed by atoms with E-state index >= 15 is 0 Å². The van der Waals surface area contributed by atoms with Crippen LogP contribution in [0.5, 0.6) is 11.5 Å². The van der Waals surface area contributed by atoms with Gasteiger partial charge in [0, 0.05) is 59.8 Å². The zero-order valence-corrected chi connectivity index (χ0v) is 26.6. The van der Waals surface area contributed by atoms with E-state index in [1.165, 1.54) is 0 Å². The van der Waals surface area contributed by atoms with Gasteiger partial charge in [-0.2, -0.15) is 0 Å². The fourth-order valence-corrected chi connectivity index (χ4v) is 8.76. The summed E-state index contributed by atoms with van der Waals surface area (Å²) in [5.74, 6) is -2.25. The van der Waals surface area contributed by atoms with Gasteiger partial charge < -0.3 is 20.0 Å². The average molecular weight is 571 g/mol. The standard InChI is InChI=1S/C36H46N2O4/c1-33(2)9-13-37-15-11-35(5,6)25-27(37)21(33)17-19(29(25)39)23-31(41)24(32(23)42)20-18-22-28-26(30(20)40)36(7,8)12-16-38(28)14-10-34(22,3)4/h17-18,23-24,39-40H,9-16H2,1-8H3. The van der Waals surface area contributed by atoms with Gasteiger partial charge >= 0.3 is 0 Å². The molecule has 1 fully saturated rings. The first-order valence-corrected chi connectivity index (χ1v) is 15.9.